The topological polar surface area (TPSA) is 78.9 Å². The van der Waals surface area contributed by atoms with E-state index in [2.05, 4.69) is 45.1 Å². The van der Waals surface area contributed by atoms with Crippen LogP contribution in [0.5, 0.6) is 0 Å². The van der Waals surface area contributed by atoms with Crippen LogP contribution in [0.25, 0.3) is 0 Å². The average Bonchev–Trinajstić information content (AvgIpc) is 3.46. The summed E-state index contributed by atoms with van der Waals surface area (Å²) in [6, 6.07) is 0. The van der Waals surface area contributed by atoms with Gasteiger partial charge in [0, 0.05) is 19.3 Å². The first kappa shape index (κ1) is 77.9. The van der Waals surface area contributed by atoms with Crippen molar-refractivity contribution in [2.45, 2.75) is 419 Å². The number of unbranched alkanes of at least 4 members (excludes halogenated alkanes) is 53. The number of carbonyl (C=O) groups is 3. The van der Waals surface area contributed by atoms with Crippen molar-refractivity contribution in [3.8, 4) is 0 Å². The van der Waals surface area contributed by atoms with E-state index in [4.69, 9.17) is 14.2 Å². The highest BCUT2D eigenvalue weighted by Crippen LogP contribution is 2.19. The van der Waals surface area contributed by atoms with Crippen LogP contribution in [0.2, 0.25) is 0 Å². The molecule has 0 amide bonds. The van der Waals surface area contributed by atoms with Gasteiger partial charge in [0.05, 0.1) is 0 Å². The fourth-order valence-corrected chi connectivity index (χ4v) is 11.2. The molecule has 0 rings (SSSR count). The Bertz CT molecular complexity index is 1290. The average molecular weight is 1130 g/mol. The number of carbonyl (C=O) groups excluding carboxylic acids is 3. The van der Waals surface area contributed by atoms with Crippen LogP contribution in [-0.2, 0) is 28.6 Å². The van der Waals surface area contributed by atoms with Gasteiger partial charge in [0.25, 0.3) is 0 Å². The van der Waals surface area contributed by atoms with Gasteiger partial charge in [0.15, 0.2) is 6.10 Å². The van der Waals surface area contributed by atoms with E-state index in [1.807, 2.05) is 0 Å². The van der Waals surface area contributed by atoms with E-state index in [1.54, 1.807) is 0 Å². The molecular formula is C74H140O6. The molecule has 0 aromatic heterocycles. The van der Waals surface area contributed by atoms with Crippen molar-refractivity contribution in [3.05, 3.63) is 24.3 Å². The lowest BCUT2D eigenvalue weighted by molar-refractivity contribution is -0.167. The molecule has 6 heteroatoms. The van der Waals surface area contributed by atoms with E-state index < -0.39 is 6.10 Å². The summed E-state index contributed by atoms with van der Waals surface area (Å²) in [5.74, 6) is -0.854. The molecule has 472 valence electrons. The Kier molecular flexibility index (Phi) is 67.6. The minimum atomic E-state index is -0.766. The van der Waals surface area contributed by atoms with Crippen LogP contribution in [0.3, 0.4) is 0 Å². The van der Waals surface area contributed by atoms with Crippen LogP contribution in [-0.4, -0.2) is 37.2 Å². The first-order valence-electron chi connectivity index (χ1n) is 36.3. The first-order chi connectivity index (χ1) is 39.5. The molecule has 0 N–H and O–H groups in total. The van der Waals surface area contributed by atoms with E-state index in [0.717, 1.165) is 70.6 Å². The zero-order chi connectivity index (χ0) is 57.8. The summed E-state index contributed by atoms with van der Waals surface area (Å²) in [4.78, 5) is 38.0. The summed E-state index contributed by atoms with van der Waals surface area (Å²) < 4.78 is 16.8. The lowest BCUT2D eigenvalue weighted by Gasteiger charge is -2.18. The monoisotopic (exact) mass is 1130 g/mol. The fourth-order valence-electron chi connectivity index (χ4n) is 11.2. The summed E-state index contributed by atoms with van der Waals surface area (Å²) in [6.45, 7) is 6.62. The van der Waals surface area contributed by atoms with Crippen LogP contribution >= 0.6 is 0 Å². The number of rotatable bonds is 68. The summed E-state index contributed by atoms with van der Waals surface area (Å²) in [5, 5.41) is 0. The van der Waals surface area contributed by atoms with Gasteiger partial charge in [-0.05, 0) is 51.4 Å². The molecule has 0 aliphatic rings. The Labute approximate surface area is 500 Å². The molecule has 0 spiro atoms. The first-order valence-corrected chi connectivity index (χ1v) is 36.3. The highest BCUT2D eigenvalue weighted by Gasteiger charge is 2.19. The molecule has 0 radical (unpaired) electrons. The Balaban J connectivity index is 3.89. The molecule has 0 aromatic rings. The van der Waals surface area contributed by atoms with Gasteiger partial charge < -0.3 is 14.2 Å². The van der Waals surface area contributed by atoms with Gasteiger partial charge >= 0.3 is 17.9 Å². The second kappa shape index (κ2) is 69.4. The van der Waals surface area contributed by atoms with Crippen molar-refractivity contribution in [1.82, 2.24) is 0 Å². The number of hydrogen-bond acceptors (Lipinski definition) is 6. The second-order valence-electron chi connectivity index (χ2n) is 24.9. The molecule has 0 saturated heterocycles. The lowest BCUT2D eigenvalue weighted by atomic mass is 10.0. The van der Waals surface area contributed by atoms with Gasteiger partial charge in [-0.15, -0.1) is 0 Å². The molecule has 6 nitrogen and oxygen atoms in total. The Hall–Kier alpha value is -2.11. The molecule has 0 saturated carbocycles. The van der Waals surface area contributed by atoms with E-state index in [9.17, 15) is 14.4 Å². The third-order valence-electron chi connectivity index (χ3n) is 16.7. The predicted octanol–water partition coefficient (Wildman–Crippen LogP) is 25.0. The van der Waals surface area contributed by atoms with Crippen LogP contribution in [0.1, 0.15) is 412 Å². The van der Waals surface area contributed by atoms with Crippen molar-refractivity contribution < 1.29 is 28.6 Å². The lowest BCUT2D eigenvalue weighted by Crippen LogP contribution is -2.30. The van der Waals surface area contributed by atoms with Crippen LogP contribution in [0.4, 0.5) is 0 Å². The largest absolute Gasteiger partial charge is 0.462 e. The second-order valence-corrected chi connectivity index (χ2v) is 24.9. The molecule has 1 unspecified atom stereocenters. The Morgan fingerprint density at radius 3 is 0.688 bits per heavy atom. The highest BCUT2D eigenvalue weighted by molar-refractivity contribution is 5.71. The Morgan fingerprint density at radius 1 is 0.250 bits per heavy atom. The third kappa shape index (κ3) is 66.7. The van der Waals surface area contributed by atoms with Gasteiger partial charge in [-0.2, -0.15) is 0 Å². The van der Waals surface area contributed by atoms with Crippen molar-refractivity contribution in [2.75, 3.05) is 13.2 Å². The Morgan fingerprint density at radius 2 is 0.450 bits per heavy atom. The summed E-state index contributed by atoms with van der Waals surface area (Å²) in [5.41, 5.74) is 0. The van der Waals surface area contributed by atoms with E-state index in [1.165, 1.54) is 302 Å². The molecule has 0 bridgehead atoms. The summed E-state index contributed by atoms with van der Waals surface area (Å²) in [6.07, 6.45) is 85.7. The number of allylic oxidation sites excluding steroid dienone is 4. The quantitative estimate of drug-likeness (QED) is 0.0261. The minimum Gasteiger partial charge on any atom is -0.462 e. The van der Waals surface area contributed by atoms with Crippen LogP contribution in [0.15, 0.2) is 24.3 Å². The van der Waals surface area contributed by atoms with Crippen molar-refractivity contribution >= 4 is 17.9 Å². The normalized spacial score (nSPS) is 12.1. The summed E-state index contributed by atoms with van der Waals surface area (Å²) >= 11 is 0. The van der Waals surface area contributed by atoms with Gasteiger partial charge in [0.1, 0.15) is 13.2 Å². The highest BCUT2D eigenvalue weighted by atomic mass is 16.6. The van der Waals surface area contributed by atoms with Crippen LogP contribution < -0.4 is 0 Å². The standard InChI is InChI=1S/C74H140O6/c1-4-7-10-13-15-17-19-21-23-25-27-29-31-33-34-35-36-37-38-39-41-42-44-46-48-50-52-54-56-58-61-64-67-73(76)79-70-71(69-78-72(75)66-63-60-12-9-6-3)80-74(77)68-65-62-59-57-55-53-51-49-47-45-43-40-32-30-28-26-24-22-20-18-16-14-11-8-5-2/h20,22,26,28,71H,4-19,21,23-25,27,29-70H2,1-3H3/b22-20-,28-26-. The van der Waals surface area contributed by atoms with Crippen LogP contribution in [0, 0.1) is 0 Å². The van der Waals surface area contributed by atoms with Gasteiger partial charge in [-0.3, -0.25) is 14.4 Å². The number of ether oxygens (including phenoxy) is 3. The molecule has 80 heavy (non-hydrogen) atoms. The maximum Gasteiger partial charge on any atom is 0.306 e. The molecular weight excluding hydrogens is 985 g/mol. The predicted molar refractivity (Wildman–Crippen MR) is 349 cm³/mol. The van der Waals surface area contributed by atoms with E-state index >= 15 is 0 Å². The molecule has 0 aliphatic carbocycles. The molecule has 0 aromatic carbocycles. The zero-order valence-electron chi connectivity index (χ0n) is 54.4. The van der Waals surface area contributed by atoms with Crippen molar-refractivity contribution in [3.63, 3.8) is 0 Å². The molecule has 1 atom stereocenters. The number of hydrogen-bond donors (Lipinski definition) is 0. The van der Waals surface area contributed by atoms with Gasteiger partial charge in [0.2, 0.25) is 0 Å². The van der Waals surface area contributed by atoms with Gasteiger partial charge in [-0.1, -0.05) is 366 Å². The number of esters is 3. The van der Waals surface area contributed by atoms with Crippen molar-refractivity contribution in [2.24, 2.45) is 0 Å². The maximum atomic E-state index is 12.9. The van der Waals surface area contributed by atoms with Gasteiger partial charge in [-0.25, -0.2) is 0 Å². The van der Waals surface area contributed by atoms with Crippen molar-refractivity contribution in [1.29, 1.82) is 0 Å². The molecule has 0 heterocycles. The SMILES string of the molecule is CCCCCCC/C=C\C/C=C\CCCCCCCCCCCCCCCC(=O)OC(COC(=O)CCCCCCC)COC(=O)CCCCCCCCCCCCCCCCCCCCCCCCCCCCCCCCCC. The molecule has 0 fully saturated rings. The third-order valence-corrected chi connectivity index (χ3v) is 16.7. The zero-order valence-corrected chi connectivity index (χ0v) is 54.4. The summed E-state index contributed by atoms with van der Waals surface area (Å²) in [7, 11) is 0. The van der Waals surface area contributed by atoms with E-state index in [0.29, 0.717) is 19.3 Å². The maximum absolute atomic E-state index is 12.9. The fraction of sp³-hybridized carbons (Fsp3) is 0.905. The minimum absolute atomic E-state index is 0.0662. The smallest absolute Gasteiger partial charge is 0.306 e. The van der Waals surface area contributed by atoms with E-state index in [-0.39, 0.29) is 31.1 Å². The molecule has 0 aliphatic heterocycles.